The van der Waals surface area contributed by atoms with Gasteiger partial charge < -0.3 is 14.8 Å². The van der Waals surface area contributed by atoms with Gasteiger partial charge in [0.1, 0.15) is 0 Å². The van der Waals surface area contributed by atoms with Gasteiger partial charge in [0.2, 0.25) is 0 Å². The van der Waals surface area contributed by atoms with Gasteiger partial charge in [-0.1, -0.05) is 0 Å². The van der Waals surface area contributed by atoms with E-state index in [-0.39, 0.29) is 5.78 Å². The van der Waals surface area contributed by atoms with Crippen LogP contribution in [0.5, 0.6) is 11.5 Å². The highest BCUT2D eigenvalue weighted by Gasteiger charge is 2.04. The summed E-state index contributed by atoms with van der Waals surface area (Å²) in [5.41, 5.74) is 1.34. The number of pyridine rings is 1. The molecule has 0 spiro atoms. The summed E-state index contributed by atoms with van der Waals surface area (Å²) in [7, 11) is 3.15. The number of allylic oxidation sites excluding steroid dienone is 1. The number of benzene rings is 1. The van der Waals surface area contributed by atoms with Crippen molar-refractivity contribution in [2.75, 3.05) is 19.5 Å². The summed E-state index contributed by atoms with van der Waals surface area (Å²) < 4.78 is 10.4. The summed E-state index contributed by atoms with van der Waals surface area (Å²) >= 11 is 0. The van der Waals surface area contributed by atoms with Crippen LogP contribution >= 0.6 is 0 Å². The lowest BCUT2D eigenvalue weighted by molar-refractivity contribution is 0.104. The number of carbonyl (C=O) groups is 1. The molecule has 0 saturated heterocycles. The summed E-state index contributed by atoms with van der Waals surface area (Å²) in [5.74, 6) is 1.16. The van der Waals surface area contributed by atoms with Crippen LogP contribution in [0.3, 0.4) is 0 Å². The van der Waals surface area contributed by atoms with Gasteiger partial charge in [0.25, 0.3) is 0 Å². The number of hydrogen-bond donors (Lipinski definition) is 1. The number of rotatable bonds is 6. The first-order valence-corrected chi connectivity index (χ1v) is 6.34. The molecule has 0 saturated carbocycles. The van der Waals surface area contributed by atoms with E-state index in [2.05, 4.69) is 10.3 Å². The Hall–Kier alpha value is -2.82. The van der Waals surface area contributed by atoms with Crippen molar-refractivity contribution in [2.24, 2.45) is 0 Å². The lowest BCUT2D eigenvalue weighted by Crippen LogP contribution is -1.97. The van der Waals surface area contributed by atoms with E-state index in [9.17, 15) is 4.79 Å². The Morgan fingerprint density at radius 2 is 2.00 bits per heavy atom. The summed E-state index contributed by atoms with van der Waals surface area (Å²) in [5, 5.41) is 3.01. The van der Waals surface area contributed by atoms with E-state index in [4.69, 9.17) is 9.47 Å². The van der Waals surface area contributed by atoms with E-state index in [1.807, 2.05) is 6.07 Å². The van der Waals surface area contributed by atoms with Crippen LogP contribution in [0.4, 0.5) is 5.69 Å². The van der Waals surface area contributed by atoms with Gasteiger partial charge in [-0.05, 0) is 24.3 Å². The minimum atomic E-state index is -0.115. The molecule has 21 heavy (non-hydrogen) atoms. The fraction of sp³-hybridized carbons (Fsp3) is 0.125. The molecule has 1 N–H and O–H groups in total. The predicted octanol–water partition coefficient (Wildman–Crippen LogP) is 2.91. The summed E-state index contributed by atoms with van der Waals surface area (Å²) in [6, 6.07) is 8.86. The molecule has 1 heterocycles. The van der Waals surface area contributed by atoms with Crippen LogP contribution in [0.15, 0.2) is 55.0 Å². The number of methoxy groups -OCH3 is 2. The molecular weight excluding hydrogens is 268 g/mol. The van der Waals surface area contributed by atoms with Crippen molar-refractivity contribution in [3.63, 3.8) is 0 Å². The molecule has 0 fully saturated rings. The first-order chi connectivity index (χ1) is 10.2. The van der Waals surface area contributed by atoms with Gasteiger partial charge in [-0.15, -0.1) is 0 Å². The number of nitrogens with zero attached hydrogens (tertiary/aromatic N) is 1. The number of anilines is 1. The average molecular weight is 284 g/mol. The zero-order chi connectivity index (χ0) is 15.1. The van der Waals surface area contributed by atoms with Crippen molar-refractivity contribution in [3.8, 4) is 11.5 Å². The van der Waals surface area contributed by atoms with Crippen LogP contribution < -0.4 is 14.8 Å². The fourth-order valence-corrected chi connectivity index (χ4v) is 1.74. The molecule has 0 amide bonds. The number of hydrogen-bond acceptors (Lipinski definition) is 5. The zero-order valence-corrected chi connectivity index (χ0v) is 11.9. The third-order valence-electron chi connectivity index (χ3n) is 2.81. The van der Waals surface area contributed by atoms with Crippen molar-refractivity contribution < 1.29 is 14.3 Å². The van der Waals surface area contributed by atoms with Crippen molar-refractivity contribution in [3.05, 3.63) is 60.6 Å². The van der Waals surface area contributed by atoms with Crippen LogP contribution in [0.1, 0.15) is 10.4 Å². The fourth-order valence-electron chi connectivity index (χ4n) is 1.74. The number of ether oxygens (including phenoxy) is 2. The molecule has 108 valence electrons. The smallest absolute Gasteiger partial charge is 0.188 e. The van der Waals surface area contributed by atoms with Crippen LogP contribution in [0, 0.1) is 0 Å². The second kappa shape index (κ2) is 7.09. The Morgan fingerprint density at radius 1 is 1.19 bits per heavy atom. The highest BCUT2D eigenvalue weighted by molar-refractivity contribution is 6.04. The van der Waals surface area contributed by atoms with E-state index < -0.39 is 0 Å². The molecule has 1 aromatic heterocycles. The molecule has 5 nitrogen and oxygen atoms in total. The van der Waals surface area contributed by atoms with Crippen molar-refractivity contribution in [1.82, 2.24) is 4.98 Å². The number of nitrogens with one attached hydrogen (secondary N) is 1. The average Bonchev–Trinajstić information content (AvgIpc) is 2.55. The van der Waals surface area contributed by atoms with Crippen LogP contribution in [-0.2, 0) is 0 Å². The third-order valence-corrected chi connectivity index (χ3v) is 2.81. The molecule has 0 bridgehead atoms. The normalized spacial score (nSPS) is 10.4. The van der Waals surface area contributed by atoms with Crippen LogP contribution in [-0.4, -0.2) is 25.0 Å². The summed E-state index contributed by atoms with van der Waals surface area (Å²) in [4.78, 5) is 15.8. The molecular formula is C16H16N2O3. The highest BCUT2D eigenvalue weighted by Crippen LogP contribution is 2.29. The maximum absolute atomic E-state index is 11.8. The van der Waals surface area contributed by atoms with E-state index in [0.29, 0.717) is 17.1 Å². The second-order valence-corrected chi connectivity index (χ2v) is 4.15. The Labute approximate surface area is 123 Å². The lowest BCUT2D eigenvalue weighted by atomic mass is 10.2. The second-order valence-electron chi connectivity index (χ2n) is 4.15. The first kappa shape index (κ1) is 14.6. The summed E-state index contributed by atoms with van der Waals surface area (Å²) in [6.45, 7) is 0. The Kier molecular flexibility index (Phi) is 4.93. The predicted molar refractivity (Wildman–Crippen MR) is 80.9 cm³/mol. The maximum Gasteiger partial charge on any atom is 0.188 e. The van der Waals surface area contributed by atoms with Gasteiger partial charge >= 0.3 is 0 Å². The molecule has 1 aromatic carbocycles. The molecule has 0 aliphatic rings. The molecule has 0 unspecified atom stereocenters. The van der Waals surface area contributed by atoms with Crippen LogP contribution in [0.25, 0.3) is 0 Å². The van der Waals surface area contributed by atoms with Gasteiger partial charge in [0.15, 0.2) is 17.3 Å². The van der Waals surface area contributed by atoms with Gasteiger partial charge in [0.05, 0.1) is 14.2 Å². The highest BCUT2D eigenvalue weighted by atomic mass is 16.5. The molecule has 5 heteroatoms. The lowest BCUT2D eigenvalue weighted by Gasteiger charge is -2.09. The Bertz CT molecular complexity index is 639. The van der Waals surface area contributed by atoms with E-state index in [0.717, 1.165) is 5.69 Å². The van der Waals surface area contributed by atoms with E-state index >= 15 is 0 Å². The van der Waals surface area contributed by atoms with Gasteiger partial charge in [-0.25, -0.2) is 0 Å². The maximum atomic E-state index is 11.8. The molecule has 2 aromatic rings. The Balaban J connectivity index is 2.03. The monoisotopic (exact) mass is 284 g/mol. The SMILES string of the molecule is COc1ccc(NC=CC(=O)c2cccnc2)cc1OC. The number of aromatic nitrogens is 1. The molecule has 2 rings (SSSR count). The molecule has 0 aliphatic carbocycles. The third kappa shape index (κ3) is 3.82. The minimum absolute atomic E-state index is 0.115. The zero-order valence-electron chi connectivity index (χ0n) is 11.9. The van der Waals surface area contributed by atoms with Gasteiger partial charge in [0, 0.05) is 42.0 Å². The first-order valence-electron chi connectivity index (χ1n) is 6.34. The standard InChI is InChI=1S/C16H16N2O3/c1-20-15-6-5-13(10-16(15)21-2)18-9-7-14(19)12-4-3-8-17-11-12/h3-11,18H,1-2H3. The quantitative estimate of drug-likeness (QED) is 0.653. The van der Waals surface area contributed by atoms with Gasteiger partial charge in [-0.3, -0.25) is 9.78 Å². The molecule has 0 radical (unpaired) electrons. The Morgan fingerprint density at radius 3 is 2.67 bits per heavy atom. The largest absolute Gasteiger partial charge is 0.493 e. The van der Waals surface area contributed by atoms with Crippen LogP contribution in [0.2, 0.25) is 0 Å². The van der Waals surface area contributed by atoms with E-state index in [1.54, 1.807) is 50.9 Å². The van der Waals surface area contributed by atoms with E-state index in [1.165, 1.54) is 12.3 Å². The molecule has 0 aliphatic heterocycles. The summed E-state index contributed by atoms with van der Waals surface area (Å²) in [6.07, 6.45) is 6.19. The van der Waals surface area contributed by atoms with Crippen molar-refractivity contribution in [2.45, 2.75) is 0 Å². The number of carbonyl (C=O) groups excluding carboxylic acids is 1. The molecule has 0 atom stereocenters. The minimum Gasteiger partial charge on any atom is -0.493 e. The van der Waals surface area contributed by atoms with Crippen molar-refractivity contribution >= 4 is 11.5 Å². The van der Waals surface area contributed by atoms with Gasteiger partial charge in [-0.2, -0.15) is 0 Å². The van der Waals surface area contributed by atoms with Crippen molar-refractivity contribution in [1.29, 1.82) is 0 Å². The topological polar surface area (TPSA) is 60.5 Å². The number of ketones is 1.